The van der Waals surface area contributed by atoms with Crippen molar-refractivity contribution in [2.75, 3.05) is 31.1 Å². The summed E-state index contributed by atoms with van der Waals surface area (Å²) in [6.07, 6.45) is 1.17. The Bertz CT molecular complexity index is 972. The van der Waals surface area contributed by atoms with Gasteiger partial charge in [-0.1, -0.05) is 34.5 Å². The number of nitrogens with zero attached hydrogens (tertiary/aromatic N) is 4. The summed E-state index contributed by atoms with van der Waals surface area (Å²) < 4.78 is 5.75. The van der Waals surface area contributed by atoms with Crippen LogP contribution in [0.1, 0.15) is 6.92 Å². The Hall–Kier alpha value is -2.09. The first-order chi connectivity index (χ1) is 13.5. The summed E-state index contributed by atoms with van der Waals surface area (Å²) in [7, 11) is 0. The van der Waals surface area contributed by atoms with Gasteiger partial charge in [-0.2, -0.15) is 0 Å². The summed E-state index contributed by atoms with van der Waals surface area (Å²) in [6.45, 7) is 4.45. The number of anilines is 1. The first-order valence-corrected chi connectivity index (χ1v) is 10.5. The fourth-order valence-electron chi connectivity index (χ4n) is 3.07. The largest absolute Gasteiger partial charge is 0.481 e. The number of piperazine rings is 1. The van der Waals surface area contributed by atoms with E-state index in [1.165, 1.54) is 0 Å². The van der Waals surface area contributed by atoms with E-state index < -0.39 is 6.10 Å². The third-order valence-corrected chi connectivity index (χ3v) is 6.35. The highest BCUT2D eigenvalue weighted by Gasteiger charge is 2.27. The zero-order chi connectivity index (χ0) is 19.7. The number of ether oxygens (including phenoxy) is 1. The maximum absolute atomic E-state index is 12.7. The molecular formula is C19H18Cl2N4O2S. The van der Waals surface area contributed by atoms with Crippen molar-refractivity contribution in [3.05, 3.63) is 46.6 Å². The van der Waals surface area contributed by atoms with Crippen LogP contribution in [0.15, 0.2) is 36.5 Å². The van der Waals surface area contributed by atoms with Crippen LogP contribution < -0.4 is 9.64 Å². The van der Waals surface area contributed by atoms with Gasteiger partial charge in [-0.05, 0) is 31.2 Å². The van der Waals surface area contributed by atoms with E-state index in [9.17, 15) is 4.79 Å². The number of pyridine rings is 1. The van der Waals surface area contributed by atoms with Gasteiger partial charge < -0.3 is 14.5 Å². The molecular weight excluding hydrogens is 419 g/mol. The molecule has 0 bridgehead atoms. The number of rotatable bonds is 4. The smallest absolute Gasteiger partial charge is 0.263 e. The van der Waals surface area contributed by atoms with Crippen LogP contribution in [0.4, 0.5) is 5.13 Å². The van der Waals surface area contributed by atoms with Crippen molar-refractivity contribution in [2.24, 2.45) is 0 Å². The Morgan fingerprint density at radius 2 is 1.96 bits per heavy atom. The van der Waals surface area contributed by atoms with Gasteiger partial charge in [0, 0.05) is 38.4 Å². The van der Waals surface area contributed by atoms with Gasteiger partial charge in [-0.15, -0.1) is 0 Å². The molecule has 1 fully saturated rings. The Kier molecular flexibility index (Phi) is 5.57. The minimum Gasteiger partial charge on any atom is -0.481 e. The van der Waals surface area contributed by atoms with Crippen molar-refractivity contribution in [1.82, 2.24) is 14.9 Å². The van der Waals surface area contributed by atoms with E-state index in [1.54, 1.807) is 42.7 Å². The Labute approximate surface area is 176 Å². The summed E-state index contributed by atoms with van der Waals surface area (Å²) >= 11 is 13.5. The van der Waals surface area contributed by atoms with Crippen LogP contribution in [0.3, 0.4) is 0 Å². The molecule has 0 aliphatic carbocycles. The second-order valence-electron chi connectivity index (χ2n) is 6.47. The second kappa shape index (κ2) is 8.11. The molecule has 2 aromatic heterocycles. The Morgan fingerprint density at radius 3 is 2.68 bits per heavy atom. The van der Waals surface area contributed by atoms with E-state index in [4.69, 9.17) is 27.9 Å². The van der Waals surface area contributed by atoms with Gasteiger partial charge in [0.1, 0.15) is 16.1 Å². The molecule has 146 valence electrons. The van der Waals surface area contributed by atoms with Crippen molar-refractivity contribution in [2.45, 2.75) is 13.0 Å². The van der Waals surface area contributed by atoms with Crippen LogP contribution in [0.2, 0.25) is 10.0 Å². The zero-order valence-electron chi connectivity index (χ0n) is 15.1. The number of hydrogen-bond acceptors (Lipinski definition) is 6. The average Bonchev–Trinajstić information content (AvgIpc) is 3.14. The predicted octanol–water partition coefficient (Wildman–Crippen LogP) is 4.11. The molecule has 9 heteroatoms. The minimum absolute atomic E-state index is 0.0447. The topological polar surface area (TPSA) is 58.6 Å². The summed E-state index contributed by atoms with van der Waals surface area (Å²) in [5.41, 5.74) is 0.907. The number of fused-ring (bicyclic) bond motifs is 1. The SMILES string of the molecule is CC(Oc1ccc(Cl)c(Cl)c1)C(=O)N1CCN(c2nc3cccnc3s2)CC1. The van der Waals surface area contributed by atoms with E-state index in [2.05, 4.69) is 14.9 Å². The maximum Gasteiger partial charge on any atom is 0.263 e. The number of carbonyl (C=O) groups is 1. The van der Waals surface area contributed by atoms with Crippen LogP contribution in [0.5, 0.6) is 5.75 Å². The predicted molar refractivity (Wildman–Crippen MR) is 113 cm³/mol. The number of hydrogen-bond donors (Lipinski definition) is 0. The van der Waals surface area contributed by atoms with Crippen LogP contribution in [-0.4, -0.2) is 53.1 Å². The van der Waals surface area contributed by atoms with Crippen LogP contribution >= 0.6 is 34.5 Å². The minimum atomic E-state index is -0.601. The highest BCUT2D eigenvalue weighted by molar-refractivity contribution is 7.21. The lowest BCUT2D eigenvalue weighted by Crippen LogP contribution is -2.52. The number of halogens is 2. The van der Waals surface area contributed by atoms with Crippen molar-refractivity contribution < 1.29 is 9.53 Å². The van der Waals surface area contributed by atoms with Gasteiger partial charge in [0.15, 0.2) is 11.2 Å². The molecule has 1 aliphatic heterocycles. The molecule has 6 nitrogen and oxygen atoms in total. The third-order valence-electron chi connectivity index (χ3n) is 4.57. The summed E-state index contributed by atoms with van der Waals surface area (Å²) in [5, 5.41) is 1.80. The standard InChI is InChI=1S/C19H18Cl2N4O2S/c1-12(27-13-4-5-14(20)15(21)11-13)18(26)24-7-9-25(10-8-24)19-23-16-3-2-6-22-17(16)28-19/h2-6,11-12H,7-10H2,1H3. The highest BCUT2D eigenvalue weighted by Crippen LogP contribution is 2.29. The lowest BCUT2D eigenvalue weighted by Gasteiger charge is -2.35. The molecule has 1 unspecified atom stereocenters. The fraction of sp³-hybridized carbons (Fsp3) is 0.316. The molecule has 4 rings (SSSR count). The molecule has 3 heterocycles. The van der Waals surface area contributed by atoms with Crippen LogP contribution in [0.25, 0.3) is 10.3 Å². The molecule has 1 atom stereocenters. The lowest BCUT2D eigenvalue weighted by molar-refractivity contribution is -0.138. The zero-order valence-corrected chi connectivity index (χ0v) is 17.5. The van der Waals surface area contributed by atoms with Gasteiger partial charge in [0.05, 0.1) is 10.0 Å². The van der Waals surface area contributed by atoms with Crippen molar-refractivity contribution in [3.8, 4) is 5.75 Å². The van der Waals surface area contributed by atoms with Crippen molar-refractivity contribution in [1.29, 1.82) is 0 Å². The first kappa shape index (κ1) is 19.2. The number of thiazole rings is 1. The summed E-state index contributed by atoms with van der Waals surface area (Å²) in [6, 6.07) is 8.83. The molecule has 0 spiro atoms. The second-order valence-corrected chi connectivity index (χ2v) is 8.24. The normalized spacial score (nSPS) is 15.7. The quantitative estimate of drug-likeness (QED) is 0.615. The summed E-state index contributed by atoms with van der Waals surface area (Å²) in [5.74, 6) is 0.479. The van der Waals surface area contributed by atoms with Crippen molar-refractivity contribution >= 4 is 55.9 Å². The average molecular weight is 437 g/mol. The van der Waals surface area contributed by atoms with Gasteiger partial charge in [0.25, 0.3) is 5.91 Å². The number of benzene rings is 1. The fourth-order valence-corrected chi connectivity index (χ4v) is 4.32. The molecule has 0 saturated carbocycles. The number of carbonyl (C=O) groups excluding carboxylic acids is 1. The van der Waals surface area contributed by atoms with Gasteiger partial charge in [-0.25, -0.2) is 9.97 Å². The lowest BCUT2D eigenvalue weighted by atomic mass is 10.2. The summed E-state index contributed by atoms with van der Waals surface area (Å²) in [4.78, 5) is 26.7. The molecule has 28 heavy (non-hydrogen) atoms. The molecule has 1 aromatic carbocycles. The first-order valence-electron chi connectivity index (χ1n) is 8.88. The molecule has 0 N–H and O–H groups in total. The molecule has 1 amide bonds. The molecule has 1 aliphatic rings. The van der Waals surface area contributed by atoms with E-state index >= 15 is 0 Å². The van der Waals surface area contributed by atoms with Gasteiger partial charge in [0.2, 0.25) is 0 Å². The Morgan fingerprint density at radius 1 is 1.18 bits per heavy atom. The molecule has 3 aromatic rings. The molecule has 1 saturated heterocycles. The number of amides is 1. The number of aromatic nitrogens is 2. The van der Waals surface area contributed by atoms with Crippen molar-refractivity contribution in [3.63, 3.8) is 0 Å². The van der Waals surface area contributed by atoms with Crippen LogP contribution in [-0.2, 0) is 4.79 Å². The monoisotopic (exact) mass is 436 g/mol. The van der Waals surface area contributed by atoms with E-state index in [1.807, 2.05) is 17.0 Å². The highest BCUT2D eigenvalue weighted by atomic mass is 35.5. The molecule has 0 radical (unpaired) electrons. The Balaban J connectivity index is 1.35. The van der Waals surface area contributed by atoms with Gasteiger partial charge >= 0.3 is 0 Å². The maximum atomic E-state index is 12.7. The van der Waals surface area contributed by atoms with E-state index in [0.29, 0.717) is 28.9 Å². The van der Waals surface area contributed by atoms with E-state index in [-0.39, 0.29) is 5.91 Å². The van der Waals surface area contributed by atoms with Gasteiger partial charge in [-0.3, -0.25) is 4.79 Å². The van der Waals surface area contributed by atoms with E-state index in [0.717, 1.165) is 28.6 Å². The van der Waals surface area contributed by atoms with Crippen LogP contribution in [0, 0.1) is 0 Å². The third kappa shape index (κ3) is 4.01.